The van der Waals surface area contributed by atoms with Gasteiger partial charge in [-0.25, -0.2) is 0 Å². The summed E-state index contributed by atoms with van der Waals surface area (Å²) < 4.78 is 5.15. The minimum Gasteiger partial charge on any atom is -0.380 e. The van der Waals surface area contributed by atoms with Gasteiger partial charge >= 0.3 is 0 Å². The van der Waals surface area contributed by atoms with Gasteiger partial charge in [-0.3, -0.25) is 4.79 Å². The molecule has 18 heavy (non-hydrogen) atoms. The van der Waals surface area contributed by atoms with Gasteiger partial charge in [-0.05, 0) is 19.4 Å². The van der Waals surface area contributed by atoms with Crippen molar-refractivity contribution < 1.29 is 9.53 Å². The Morgan fingerprint density at radius 3 is 2.56 bits per heavy atom. The number of nitrogens with two attached hydrogens (primary N) is 1. The number of benzene rings is 1. The van der Waals surface area contributed by atoms with E-state index in [4.69, 9.17) is 10.5 Å². The van der Waals surface area contributed by atoms with Gasteiger partial charge in [0, 0.05) is 13.2 Å². The molecule has 1 atom stereocenters. The summed E-state index contributed by atoms with van der Waals surface area (Å²) >= 11 is 0. The summed E-state index contributed by atoms with van der Waals surface area (Å²) in [5.41, 5.74) is 5.84. The van der Waals surface area contributed by atoms with Gasteiger partial charge in [-0.1, -0.05) is 30.3 Å². The van der Waals surface area contributed by atoms with Crippen LogP contribution in [0.15, 0.2) is 30.3 Å². The van der Waals surface area contributed by atoms with Crippen molar-refractivity contribution in [3.05, 3.63) is 35.9 Å². The Bertz CT molecular complexity index is 355. The van der Waals surface area contributed by atoms with E-state index < -0.39 is 5.54 Å². The van der Waals surface area contributed by atoms with E-state index >= 15 is 0 Å². The van der Waals surface area contributed by atoms with E-state index in [1.165, 1.54) is 0 Å². The Morgan fingerprint density at radius 1 is 1.39 bits per heavy atom. The summed E-state index contributed by atoms with van der Waals surface area (Å²) in [6.07, 6.45) is 0. The quantitative estimate of drug-likeness (QED) is 0.770. The number of halogens is 1. The molecule has 0 spiro atoms. The fourth-order valence-electron chi connectivity index (χ4n) is 1.48. The highest BCUT2D eigenvalue weighted by Crippen LogP contribution is 2.16. The van der Waals surface area contributed by atoms with Crippen molar-refractivity contribution in [2.75, 3.05) is 19.8 Å². The van der Waals surface area contributed by atoms with Crippen LogP contribution in [0.25, 0.3) is 0 Å². The van der Waals surface area contributed by atoms with Crippen LogP contribution >= 0.6 is 12.4 Å². The summed E-state index contributed by atoms with van der Waals surface area (Å²) in [4.78, 5) is 11.9. The predicted molar refractivity (Wildman–Crippen MR) is 74.7 cm³/mol. The first-order valence-corrected chi connectivity index (χ1v) is 5.79. The van der Waals surface area contributed by atoms with Crippen molar-refractivity contribution in [3.8, 4) is 0 Å². The number of hydrogen-bond acceptors (Lipinski definition) is 3. The number of ether oxygens (including phenoxy) is 1. The highest BCUT2D eigenvalue weighted by molar-refractivity contribution is 5.86. The van der Waals surface area contributed by atoms with E-state index in [1.54, 1.807) is 6.92 Å². The molecule has 1 aromatic rings. The number of rotatable bonds is 6. The average Bonchev–Trinajstić information content (AvgIpc) is 2.35. The van der Waals surface area contributed by atoms with Crippen LogP contribution < -0.4 is 11.1 Å². The Balaban J connectivity index is 0.00000289. The smallest absolute Gasteiger partial charge is 0.244 e. The summed E-state index contributed by atoms with van der Waals surface area (Å²) in [5.74, 6) is -0.191. The van der Waals surface area contributed by atoms with Crippen molar-refractivity contribution in [1.82, 2.24) is 5.32 Å². The first-order chi connectivity index (χ1) is 8.09. The third-order valence-electron chi connectivity index (χ3n) is 2.58. The molecule has 0 radical (unpaired) electrons. The Morgan fingerprint density at radius 2 is 2.00 bits per heavy atom. The highest BCUT2D eigenvalue weighted by Gasteiger charge is 2.29. The Kier molecular flexibility index (Phi) is 7.59. The third-order valence-corrected chi connectivity index (χ3v) is 2.58. The van der Waals surface area contributed by atoms with E-state index in [9.17, 15) is 4.79 Å². The lowest BCUT2D eigenvalue weighted by molar-refractivity contribution is -0.126. The van der Waals surface area contributed by atoms with Gasteiger partial charge in [0.2, 0.25) is 5.91 Å². The minimum absolute atomic E-state index is 0. The molecule has 3 N–H and O–H groups in total. The largest absolute Gasteiger partial charge is 0.380 e. The van der Waals surface area contributed by atoms with Gasteiger partial charge in [0.05, 0.1) is 6.61 Å². The van der Waals surface area contributed by atoms with Gasteiger partial charge in [0.1, 0.15) is 5.54 Å². The summed E-state index contributed by atoms with van der Waals surface area (Å²) in [6, 6.07) is 9.33. The van der Waals surface area contributed by atoms with Gasteiger partial charge in [-0.2, -0.15) is 0 Å². The number of hydrogen-bond donors (Lipinski definition) is 2. The monoisotopic (exact) mass is 272 g/mol. The molecule has 5 heteroatoms. The number of nitrogens with one attached hydrogen (secondary N) is 1. The second kappa shape index (κ2) is 8.08. The molecular weight excluding hydrogens is 252 g/mol. The molecule has 0 aliphatic heterocycles. The van der Waals surface area contributed by atoms with Crippen molar-refractivity contribution in [3.63, 3.8) is 0 Å². The van der Waals surface area contributed by atoms with E-state index in [2.05, 4.69) is 5.32 Å². The SMILES string of the molecule is CCOCCNC(=O)C(C)(N)c1ccccc1.Cl. The second-order valence-corrected chi connectivity index (χ2v) is 4.02. The standard InChI is InChI=1S/C13H20N2O2.ClH/c1-3-17-10-9-15-12(16)13(2,14)11-7-5-4-6-8-11;/h4-8H,3,9-10,14H2,1-2H3,(H,15,16);1H. The summed E-state index contributed by atoms with van der Waals surface area (Å²) in [5, 5.41) is 2.77. The topological polar surface area (TPSA) is 64.3 Å². The molecule has 102 valence electrons. The fourth-order valence-corrected chi connectivity index (χ4v) is 1.48. The lowest BCUT2D eigenvalue weighted by atomic mass is 9.92. The number of carbonyl (C=O) groups excluding carboxylic acids is 1. The first-order valence-electron chi connectivity index (χ1n) is 5.79. The van der Waals surface area contributed by atoms with Gasteiger partial charge in [0.25, 0.3) is 0 Å². The van der Waals surface area contributed by atoms with E-state index in [1.807, 2.05) is 37.3 Å². The first kappa shape index (κ1) is 16.9. The van der Waals surface area contributed by atoms with Crippen LogP contribution in [-0.4, -0.2) is 25.7 Å². The van der Waals surface area contributed by atoms with Crippen LogP contribution in [0.1, 0.15) is 19.4 Å². The molecule has 0 heterocycles. The zero-order chi connectivity index (χ0) is 12.7. The third kappa shape index (κ3) is 4.64. The molecule has 0 fully saturated rings. The molecule has 0 aromatic heterocycles. The maximum atomic E-state index is 11.9. The molecule has 0 saturated carbocycles. The normalized spacial score (nSPS) is 13.3. The molecule has 0 aliphatic rings. The molecule has 4 nitrogen and oxygen atoms in total. The average molecular weight is 273 g/mol. The van der Waals surface area contributed by atoms with Crippen molar-refractivity contribution in [2.24, 2.45) is 5.73 Å². The predicted octanol–water partition coefficient (Wildman–Crippen LogP) is 1.44. The summed E-state index contributed by atoms with van der Waals surface area (Å²) in [6.45, 7) is 5.25. The lowest BCUT2D eigenvalue weighted by Crippen LogP contribution is -2.49. The minimum atomic E-state index is -1.01. The van der Waals surface area contributed by atoms with Gasteiger partial charge in [0.15, 0.2) is 0 Å². The van der Waals surface area contributed by atoms with Gasteiger partial charge in [-0.15, -0.1) is 12.4 Å². The molecule has 0 saturated heterocycles. The highest BCUT2D eigenvalue weighted by atomic mass is 35.5. The van der Waals surface area contributed by atoms with Crippen LogP contribution in [-0.2, 0) is 15.1 Å². The molecule has 1 aromatic carbocycles. The second-order valence-electron chi connectivity index (χ2n) is 4.02. The molecular formula is C13H21ClN2O2. The molecule has 1 amide bonds. The number of amides is 1. The zero-order valence-electron chi connectivity index (χ0n) is 10.8. The van der Waals surface area contributed by atoms with Crippen molar-refractivity contribution in [1.29, 1.82) is 0 Å². The number of carbonyl (C=O) groups is 1. The van der Waals surface area contributed by atoms with Crippen molar-refractivity contribution >= 4 is 18.3 Å². The lowest BCUT2D eigenvalue weighted by Gasteiger charge is -2.24. The van der Waals surface area contributed by atoms with Crippen LogP contribution in [0, 0.1) is 0 Å². The molecule has 0 bridgehead atoms. The Labute approximate surface area is 114 Å². The fraction of sp³-hybridized carbons (Fsp3) is 0.462. The van der Waals surface area contributed by atoms with Gasteiger partial charge < -0.3 is 15.8 Å². The molecule has 1 unspecified atom stereocenters. The van der Waals surface area contributed by atoms with E-state index in [0.29, 0.717) is 19.8 Å². The summed E-state index contributed by atoms with van der Waals surface area (Å²) in [7, 11) is 0. The maximum absolute atomic E-state index is 11.9. The van der Waals surface area contributed by atoms with Crippen LogP contribution in [0.3, 0.4) is 0 Å². The van der Waals surface area contributed by atoms with Crippen LogP contribution in [0.2, 0.25) is 0 Å². The Hall–Kier alpha value is -1.10. The van der Waals surface area contributed by atoms with Crippen molar-refractivity contribution in [2.45, 2.75) is 19.4 Å². The van der Waals surface area contributed by atoms with Crippen LogP contribution in [0.4, 0.5) is 0 Å². The molecule has 1 rings (SSSR count). The van der Waals surface area contributed by atoms with Crippen LogP contribution in [0.5, 0.6) is 0 Å². The maximum Gasteiger partial charge on any atom is 0.244 e. The van der Waals surface area contributed by atoms with E-state index in [-0.39, 0.29) is 18.3 Å². The zero-order valence-corrected chi connectivity index (χ0v) is 11.6. The van der Waals surface area contributed by atoms with E-state index in [0.717, 1.165) is 5.56 Å². The molecule has 0 aliphatic carbocycles.